The molecule has 0 amide bonds. The summed E-state index contributed by atoms with van der Waals surface area (Å²) in [5, 5.41) is 0. The summed E-state index contributed by atoms with van der Waals surface area (Å²) in [7, 11) is 0. The fraction of sp³-hybridized carbons (Fsp3) is 0.889. The van der Waals surface area contributed by atoms with E-state index < -0.39 is 17.6 Å². The minimum atomic E-state index is -0.427. The monoisotopic (exact) mass is 322 g/mol. The third-order valence-electron chi connectivity index (χ3n) is 6.16. The molecule has 6 atom stereocenters. The van der Waals surface area contributed by atoms with Crippen molar-refractivity contribution in [3.05, 3.63) is 0 Å². The molecule has 4 fully saturated rings. The predicted molar refractivity (Wildman–Crippen MR) is 81.4 cm³/mol. The van der Waals surface area contributed by atoms with Gasteiger partial charge in [-0.15, -0.1) is 0 Å². The van der Waals surface area contributed by atoms with E-state index in [0.29, 0.717) is 6.42 Å². The Hall–Kier alpha value is -1.10. The molecule has 0 aromatic rings. The lowest BCUT2D eigenvalue weighted by molar-refractivity contribution is -0.168. The second kappa shape index (κ2) is 4.29. The summed E-state index contributed by atoms with van der Waals surface area (Å²) in [6, 6.07) is 0. The van der Waals surface area contributed by atoms with E-state index in [-0.39, 0.29) is 40.9 Å². The average molecular weight is 322 g/mol. The van der Waals surface area contributed by atoms with E-state index in [4.69, 9.17) is 14.2 Å². The third-order valence-corrected chi connectivity index (χ3v) is 6.16. The van der Waals surface area contributed by atoms with Crippen LogP contribution in [0.25, 0.3) is 0 Å². The van der Waals surface area contributed by atoms with Gasteiger partial charge in [0, 0.05) is 0 Å². The van der Waals surface area contributed by atoms with Crippen LogP contribution in [-0.4, -0.2) is 36.4 Å². The number of carbonyl (C=O) groups is 2. The van der Waals surface area contributed by atoms with Crippen molar-refractivity contribution >= 4 is 11.9 Å². The van der Waals surface area contributed by atoms with E-state index in [1.54, 1.807) is 0 Å². The standard InChI is InChI=1S/C18H26O5/c1-16(2,3)7-18(8-17(18,4)5)15(20)23-12-10-6-9-11(21-10)13(12)22-14(9)19/h9-13H,6-8H2,1-5H3. The first-order chi connectivity index (χ1) is 10.5. The van der Waals surface area contributed by atoms with Gasteiger partial charge in [-0.3, -0.25) is 9.59 Å². The van der Waals surface area contributed by atoms with Gasteiger partial charge in [-0.2, -0.15) is 0 Å². The minimum absolute atomic E-state index is 0.0370. The normalized spacial score (nSPS) is 46.0. The van der Waals surface area contributed by atoms with Gasteiger partial charge in [0.25, 0.3) is 0 Å². The summed E-state index contributed by atoms with van der Waals surface area (Å²) in [4.78, 5) is 24.8. The van der Waals surface area contributed by atoms with Gasteiger partial charge in [0.2, 0.25) is 0 Å². The van der Waals surface area contributed by atoms with Gasteiger partial charge in [0.1, 0.15) is 6.10 Å². The summed E-state index contributed by atoms with van der Waals surface area (Å²) in [5.74, 6) is -0.490. The van der Waals surface area contributed by atoms with Crippen molar-refractivity contribution in [2.75, 3.05) is 0 Å². The smallest absolute Gasteiger partial charge is 0.313 e. The van der Waals surface area contributed by atoms with Crippen molar-refractivity contribution < 1.29 is 23.8 Å². The number of hydrogen-bond donors (Lipinski definition) is 0. The Balaban J connectivity index is 1.51. The lowest BCUT2D eigenvalue weighted by atomic mass is 9.79. The van der Waals surface area contributed by atoms with Crippen LogP contribution < -0.4 is 0 Å². The maximum Gasteiger partial charge on any atom is 0.313 e. The highest BCUT2D eigenvalue weighted by atomic mass is 16.7. The quantitative estimate of drug-likeness (QED) is 0.747. The van der Waals surface area contributed by atoms with Crippen LogP contribution in [0.1, 0.15) is 53.9 Å². The van der Waals surface area contributed by atoms with Gasteiger partial charge >= 0.3 is 11.9 Å². The summed E-state index contributed by atoms with van der Waals surface area (Å²) >= 11 is 0. The van der Waals surface area contributed by atoms with Crippen molar-refractivity contribution in [2.24, 2.45) is 22.2 Å². The number of esters is 2. The summed E-state index contributed by atoms with van der Waals surface area (Å²) in [6.07, 6.45) is 1.06. The zero-order valence-corrected chi connectivity index (χ0v) is 14.5. The third kappa shape index (κ3) is 2.08. The van der Waals surface area contributed by atoms with Gasteiger partial charge in [0.15, 0.2) is 12.2 Å². The molecule has 0 N–H and O–H groups in total. The molecule has 6 unspecified atom stereocenters. The van der Waals surface area contributed by atoms with Crippen LogP contribution in [0, 0.1) is 22.2 Å². The molecule has 5 nitrogen and oxygen atoms in total. The first-order valence-electron chi connectivity index (χ1n) is 8.61. The van der Waals surface area contributed by atoms with E-state index >= 15 is 0 Å². The highest BCUT2D eigenvalue weighted by Crippen LogP contribution is 2.68. The Morgan fingerprint density at radius 3 is 2.52 bits per heavy atom. The van der Waals surface area contributed by atoms with Crippen molar-refractivity contribution in [1.82, 2.24) is 0 Å². The largest absolute Gasteiger partial charge is 0.455 e. The van der Waals surface area contributed by atoms with E-state index in [0.717, 1.165) is 12.8 Å². The number of carbonyl (C=O) groups excluding carboxylic acids is 2. The van der Waals surface area contributed by atoms with Gasteiger partial charge < -0.3 is 14.2 Å². The lowest BCUT2D eigenvalue weighted by Crippen LogP contribution is -2.42. The number of ether oxygens (including phenoxy) is 3. The van der Waals surface area contributed by atoms with Crippen LogP contribution in [-0.2, 0) is 23.8 Å². The molecule has 5 heteroatoms. The molecule has 23 heavy (non-hydrogen) atoms. The van der Waals surface area contributed by atoms with Crippen LogP contribution in [0.5, 0.6) is 0 Å². The topological polar surface area (TPSA) is 61.8 Å². The van der Waals surface area contributed by atoms with E-state index in [2.05, 4.69) is 34.6 Å². The zero-order valence-electron chi connectivity index (χ0n) is 14.5. The van der Waals surface area contributed by atoms with Crippen molar-refractivity contribution in [3.8, 4) is 0 Å². The van der Waals surface area contributed by atoms with Crippen molar-refractivity contribution in [2.45, 2.75) is 78.3 Å². The second-order valence-corrected chi connectivity index (χ2v) is 9.63. The van der Waals surface area contributed by atoms with Crippen molar-refractivity contribution in [3.63, 3.8) is 0 Å². The summed E-state index contributed by atoms with van der Waals surface area (Å²) < 4.78 is 17.1. The molecule has 128 valence electrons. The van der Waals surface area contributed by atoms with E-state index in [1.807, 2.05) is 0 Å². The van der Waals surface area contributed by atoms with Crippen LogP contribution >= 0.6 is 0 Å². The van der Waals surface area contributed by atoms with Crippen LogP contribution in [0.15, 0.2) is 0 Å². The molecule has 0 radical (unpaired) electrons. The predicted octanol–water partition coefficient (Wildman–Crippen LogP) is 2.46. The Bertz CT molecular complexity index is 574. The molecule has 2 bridgehead atoms. The number of rotatable bonds is 3. The zero-order chi connectivity index (χ0) is 16.8. The SMILES string of the molecule is CC(C)(C)CC1(C(=O)OC2C3CC4C(=O)OC2C4O3)CC1(C)C. The molecule has 3 aliphatic heterocycles. The van der Waals surface area contributed by atoms with Gasteiger partial charge in [-0.05, 0) is 30.1 Å². The molecular weight excluding hydrogens is 296 g/mol. The van der Waals surface area contributed by atoms with E-state index in [1.165, 1.54) is 0 Å². The van der Waals surface area contributed by atoms with E-state index in [9.17, 15) is 9.59 Å². The molecule has 1 saturated carbocycles. The number of fused-ring (bicyclic) bond motifs is 1. The Labute approximate surface area is 137 Å². The molecule has 0 spiro atoms. The second-order valence-electron chi connectivity index (χ2n) is 9.63. The summed E-state index contributed by atoms with van der Waals surface area (Å²) in [5.41, 5.74) is -0.400. The molecule has 1 aliphatic carbocycles. The maximum atomic E-state index is 13.0. The average Bonchev–Trinajstić information content (AvgIpc) is 2.75. The van der Waals surface area contributed by atoms with Crippen LogP contribution in [0.4, 0.5) is 0 Å². The highest BCUT2D eigenvalue weighted by molar-refractivity contribution is 5.82. The Morgan fingerprint density at radius 2 is 1.96 bits per heavy atom. The first kappa shape index (κ1) is 15.4. The molecule has 0 aromatic carbocycles. The van der Waals surface area contributed by atoms with Gasteiger partial charge in [-0.25, -0.2) is 0 Å². The van der Waals surface area contributed by atoms with Crippen LogP contribution in [0.2, 0.25) is 0 Å². The fourth-order valence-electron chi connectivity index (χ4n) is 4.96. The molecule has 3 saturated heterocycles. The Morgan fingerprint density at radius 1 is 1.30 bits per heavy atom. The van der Waals surface area contributed by atoms with Gasteiger partial charge in [-0.1, -0.05) is 34.6 Å². The Kier molecular flexibility index (Phi) is 2.88. The fourth-order valence-corrected chi connectivity index (χ4v) is 4.96. The first-order valence-corrected chi connectivity index (χ1v) is 8.61. The number of hydrogen-bond acceptors (Lipinski definition) is 5. The van der Waals surface area contributed by atoms with Gasteiger partial charge in [0.05, 0.1) is 17.4 Å². The minimum Gasteiger partial charge on any atom is -0.455 e. The molecule has 0 aromatic heterocycles. The molecule has 4 rings (SSSR count). The maximum absolute atomic E-state index is 13.0. The lowest BCUT2D eigenvalue weighted by Gasteiger charge is -2.30. The van der Waals surface area contributed by atoms with Crippen LogP contribution in [0.3, 0.4) is 0 Å². The molecule has 3 heterocycles. The summed E-state index contributed by atoms with van der Waals surface area (Å²) in [6.45, 7) is 10.7. The van der Waals surface area contributed by atoms with Crippen molar-refractivity contribution in [1.29, 1.82) is 0 Å². The molecule has 4 aliphatic rings. The molecular formula is C18H26O5. The highest BCUT2D eigenvalue weighted by Gasteiger charge is 2.70.